The van der Waals surface area contributed by atoms with Crippen LogP contribution in [0.1, 0.15) is 51.9 Å². The maximum atomic E-state index is 13.3. The largest absolute Gasteiger partial charge is 0.375 e. The number of thioether (sulfide) groups is 1. The van der Waals surface area contributed by atoms with Crippen LogP contribution in [0.5, 0.6) is 0 Å². The lowest BCUT2D eigenvalue weighted by Crippen LogP contribution is -2.46. The van der Waals surface area contributed by atoms with Gasteiger partial charge in [0.1, 0.15) is 5.37 Å². The summed E-state index contributed by atoms with van der Waals surface area (Å²) < 4.78 is 0. The highest BCUT2D eigenvalue weighted by atomic mass is 32.2. The van der Waals surface area contributed by atoms with Crippen molar-refractivity contribution in [2.45, 2.75) is 63.3 Å². The van der Waals surface area contributed by atoms with Crippen LogP contribution in [0.25, 0.3) is 0 Å². The van der Waals surface area contributed by atoms with Gasteiger partial charge in [0, 0.05) is 11.6 Å². The third-order valence-electron chi connectivity index (χ3n) is 6.34. The molecule has 3 heterocycles. The molecule has 0 radical (unpaired) electrons. The zero-order valence-electron chi connectivity index (χ0n) is 19.0. The van der Waals surface area contributed by atoms with Gasteiger partial charge >= 0.3 is 6.03 Å². The summed E-state index contributed by atoms with van der Waals surface area (Å²) in [6, 6.07) is -0.0995. The monoisotopic (exact) mass is 482 g/mol. The summed E-state index contributed by atoms with van der Waals surface area (Å²) in [7, 11) is 0. The Bertz CT molecular complexity index is 990. The lowest BCUT2D eigenvalue weighted by Gasteiger charge is -2.35. The number of amides is 3. The van der Waals surface area contributed by atoms with Crippen molar-refractivity contribution in [1.82, 2.24) is 20.9 Å². The van der Waals surface area contributed by atoms with Gasteiger partial charge < -0.3 is 16.0 Å². The number of carbonyl (C=O) groups is 2. The van der Waals surface area contributed by atoms with Gasteiger partial charge in [0.2, 0.25) is 6.56 Å². The predicted molar refractivity (Wildman–Crippen MR) is 140 cm³/mol. The molecule has 3 N–H and O–H groups in total. The molecule has 3 amide bonds. The molecule has 0 saturated heterocycles. The second-order valence-electron chi connectivity index (χ2n) is 8.75. The van der Waals surface area contributed by atoms with Crippen molar-refractivity contribution in [2.24, 2.45) is 0 Å². The SMILES string of the molecule is C=C/C(=C\C=C(/C)BS)N1C(=O)NC2=C(C(=O)NC3CCCCCCC3)SC3NC=CC1=C23. The molecular formula is C24H31BN4O2S2. The number of nitrogens with one attached hydrogen (secondary N) is 3. The van der Waals surface area contributed by atoms with Crippen molar-refractivity contribution >= 4 is 42.7 Å². The van der Waals surface area contributed by atoms with Crippen molar-refractivity contribution in [3.05, 3.63) is 70.1 Å². The minimum atomic E-state index is -0.295. The second kappa shape index (κ2) is 10.8. The van der Waals surface area contributed by atoms with Crippen LogP contribution in [0.2, 0.25) is 0 Å². The summed E-state index contributed by atoms with van der Waals surface area (Å²) >= 11 is 5.76. The van der Waals surface area contributed by atoms with Crippen molar-refractivity contribution in [3.8, 4) is 0 Å². The summed E-state index contributed by atoms with van der Waals surface area (Å²) in [5.41, 5.74) is 4.05. The number of hydrogen-bond acceptors (Lipinski definition) is 5. The number of rotatable bonds is 6. The molecule has 174 valence electrons. The number of nitrogens with zero attached hydrogens (tertiary/aromatic N) is 1. The van der Waals surface area contributed by atoms with Crippen LogP contribution in [0, 0.1) is 0 Å². The first kappa shape index (κ1) is 23.9. The summed E-state index contributed by atoms with van der Waals surface area (Å²) in [4.78, 5) is 28.7. The molecule has 1 fully saturated rings. The zero-order chi connectivity index (χ0) is 23.4. The molecule has 4 aliphatic rings. The molecule has 1 aliphatic carbocycles. The maximum Gasteiger partial charge on any atom is 0.331 e. The second-order valence-corrected chi connectivity index (χ2v) is 10.2. The molecule has 1 saturated carbocycles. The number of urea groups is 1. The van der Waals surface area contributed by atoms with Gasteiger partial charge in [-0.1, -0.05) is 68.9 Å². The van der Waals surface area contributed by atoms with E-state index < -0.39 is 0 Å². The van der Waals surface area contributed by atoms with Gasteiger partial charge in [-0.05, 0) is 37.3 Å². The van der Waals surface area contributed by atoms with Crippen LogP contribution in [0.4, 0.5) is 4.79 Å². The molecule has 0 aromatic rings. The van der Waals surface area contributed by atoms with Crippen LogP contribution in [0.15, 0.2) is 70.1 Å². The zero-order valence-corrected chi connectivity index (χ0v) is 20.7. The molecule has 0 bridgehead atoms. The fourth-order valence-corrected chi connectivity index (χ4v) is 5.84. The molecule has 0 aromatic heterocycles. The third-order valence-corrected chi connectivity index (χ3v) is 8.07. The Morgan fingerprint density at radius 2 is 2.00 bits per heavy atom. The molecular weight excluding hydrogens is 451 g/mol. The summed E-state index contributed by atoms with van der Waals surface area (Å²) in [6.07, 6.45) is 17.3. The van der Waals surface area contributed by atoms with Crippen molar-refractivity contribution in [3.63, 3.8) is 0 Å². The first-order valence-electron chi connectivity index (χ1n) is 11.6. The fraction of sp³-hybridized carbons (Fsp3) is 0.417. The molecule has 1 atom stereocenters. The van der Waals surface area contributed by atoms with E-state index in [1.54, 1.807) is 11.0 Å². The van der Waals surface area contributed by atoms with E-state index in [0.717, 1.165) is 42.4 Å². The molecule has 33 heavy (non-hydrogen) atoms. The number of carbonyl (C=O) groups excluding carboxylic acids is 2. The number of hydrogen-bond donors (Lipinski definition) is 4. The fourth-order valence-electron chi connectivity index (χ4n) is 4.55. The van der Waals surface area contributed by atoms with Crippen molar-refractivity contribution < 1.29 is 9.59 Å². The lowest BCUT2D eigenvalue weighted by atomic mass is 9.95. The Morgan fingerprint density at radius 1 is 1.27 bits per heavy atom. The first-order valence-corrected chi connectivity index (χ1v) is 13.2. The van der Waals surface area contributed by atoms with E-state index in [4.69, 9.17) is 0 Å². The van der Waals surface area contributed by atoms with Gasteiger partial charge in [0.25, 0.3) is 5.91 Å². The standard InChI is InChI=1S/C24H31BN4O2S2/c1-3-17(12-11-15(2)25-32)29-18-13-14-26-23-19(18)20(28-24(29)31)21(33-23)22(30)27-16-9-7-5-4-6-8-10-16/h3,11-14,16,23,25-26,32H,1,4-10H2,2H3,(H,27,30)(H,28,31)/b15-11+,17-12+. The average molecular weight is 482 g/mol. The number of thiol groups is 1. The quantitative estimate of drug-likeness (QED) is 0.261. The lowest BCUT2D eigenvalue weighted by molar-refractivity contribution is -0.117. The van der Waals surface area contributed by atoms with Crippen LogP contribution in [0.3, 0.4) is 0 Å². The Kier molecular flexibility index (Phi) is 7.80. The highest BCUT2D eigenvalue weighted by Gasteiger charge is 2.43. The van der Waals surface area contributed by atoms with E-state index in [0.29, 0.717) is 22.9 Å². The van der Waals surface area contributed by atoms with E-state index in [1.165, 1.54) is 31.0 Å². The van der Waals surface area contributed by atoms with Gasteiger partial charge in [-0.3, -0.25) is 9.69 Å². The van der Waals surface area contributed by atoms with Crippen LogP contribution < -0.4 is 16.0 Å². The number of dihydropyridines is 1. The van der Waals surface area contributed by atoms with E-state index in [1.807, 2.05) is 31.4 Å². The van der Waals surface area contributed by atoms with Gasteiger partial charge in [-0.2, -0.15) is 0 Å². The van der Waals surface area contributed by atoms with Crippen LogP contribution >= 0.6 is 24.2 Å². The van der Waals surface area contributed by atoms with E-state index in [9.17, 15) is 9.59 Å². The number of allylic oxidation sites excluding steroid dienone is 5. The first-order chi connectivity index (χ1) is 16.0. The van der Waals surface area contributed by atoms with Gasteiger partial charge in [0.15, 0.2) is 0 Å². The van der Waals surface area contributed by atoms with Crippen molar-refractivity contribution in [2.75, 3.05) is 0 Å². The normalized spacial score (nSPS) is 24.0. The maximum absolute atomic E-state index is 13.3. The van der Waals surface area contributed by atoms with E-state index in [-0.39, 0.29) is 23.4 Å². The highest BCUT2D eigenvalue weighted by Crippen LogP contribution is 2.45. The predicted octanol–water partition coefficient (Wildman–Crippen LogP) is 4.15. The minimum absolute atomic E-state index is 0.0933. The Balaban J connectivity index is 1.64. The molecule has 1 unspecified atom stereocenters. The summed E-state index contributed by atoms with van der Waals surface area (Å²) in [6.45, 7) is 6.53. The minimum Gasteiger partial charge on any atom is -0.375 e. The summed E-state index contributed by atoms with van der Waals surface area (Å²) in [5.74, 6) is -0.0933. The highest BCUT2D eigenvalue weighted by molar-refractivity contribution is 8.07. The Hall–Kier alpha value is -2.26. The summed E-state index contributed by atoms with van der Waals surface area (Å²) in [5, 5.41) is 9.44. The van der Waals surface area contributed by atoms with E-state index >= 15 is 0 Å². The molecule has 0 spiro atoms. The molecule has 0 aromatic carbocycles. The third kappa shape index (κ3) is 5.14. The Labute approximate surface area is 206 Å². The van der Waals surface area contributed by atoms with Gasteiger partial charge in [0.05, 0.1) is 22.0 Å². The molecule has 9 heteroatoms. The Morgan fingerprint density at radius 3 is 2.70 bits per heavy atom. The molecule has 6 nitrogen and oxygen atoms in total. The van der Waals surface area contributed by atoms with Crippen molar-refractivity contribution in [1.29, 1.82) is 0 Å². The smallest absolute Gasteiger partial charge is 0.331 e. The van der Waals surface area contributed by atoms with Crippen LogP contribution in [-0.4, -0.2) is 34.8 Å². The van der Waals surface area contributed by atoms with E-state index in [2.05, 4.69) is 35.0 Å². The van der Waals surface area contributed by atoms with Gasteiger partial charge in [-0.15, -0.1) is 0 Å². The van der Waals surface area contributed by atoms with Crippen LogP contribution in [-0.2, 0) is 4.79 Å². The molecule has 3 aliphatic heterocycles. The average Bonchev–Trinajstić information content (AvgIpc) is 3.16. The topological polar surface area (TPSA) is 73.5 Å². The molecule has 4 rings (SSSR count). The van der Waals surface area contributed by atoms with Gasteiger partial charge in [-0.25, -0.2) is 17.3 Å².